The molecule has 0 saturated heterocycles. The minimum absolute atomic E-state index is 0.0551. The van der Waals surface area contributed by atoms with Gasteiger partial charge in [0.25, 0.3) is 0 Å². The monoisotopic (exact) mass is 158 g/mol. The van der Waals surface area contributed by atoms with Crippen LogP contribution >= 0.6 is 9.47 Å². The Balaban J connectivity index is 4.26. The van der Waals surface area contributed by atoms with Gasteiger partial charge in [0.15, 0.2) is 5.78 Å². The molecule has 0 aliphatic heterocycles. The molecular formula is C7H11O2P. The molecule has 0 spiro atoms. The van der Waals surface area contributed by atoms with Gasteiger partial charge in [0.05, 0.1) is 0 Å². The van der Waals surface area contributed by atoms with Crippen LogP contribution in [-0.2, 0) is 9.32 Å². The molecule has 0 N–H and O–H groups in total. The Morgan fingerprint density at radius 2 is 2.40 bits per heavy atom. The second kappa shape index (κ2) is 3.71. The van der Waals surface area contributed by atoms with Gasteiger partial charge in [-0.25, -0.2) is 0 Å². The molecule has 10 heavy (non-hydrogen) atoms. The van der Waals surface area contributed by atoms with Gasteiger partial charge < -0.3 is 4.52 Å². The third kappa shape index (κ3) is 2.10. The van der Waals surface area contributed by atoms with Crippen molar-refractivity contribution in [3.63, 3.8) is 0 Å². The van der Waals surface area contributed by atoms with E-state index in [1.54, 1.807) is 6.92 Å². The van der Waals surface area contributed by atoms with E-state index in [0.717, 1.165) is 0 Å². The molecule has 0 aliphatic carbocycles. The molecule has 2 unspecified atom stereocenters. The molecule has 0 aliphatic rings. The fourth-order valence-electron chi connectivity index (χ4n) is 0.444. The lowest BCUT2D eigenvalue weighted by Gasteiger charge is -2.21. The summed E-state index contributed by atoms with van der Waals surface area (Å²) in [5.74, 6) is 2.33. The second-order valence-electron chi connectivity index (χ2n) is 2.29. The summed E-state index contributed by atoms with van der Waals surface area (Å²) in [6.45, 7) is 3.13. The Morgan fingerprint density at radius 3 is 2.50 bits per heavy atom. The summed E-state index contributed by atoms with van der Waals surface area (Å²) >= 11 is 0. The smallest absolute Gasteiger partial charge is 0.162 e. The van der Waals surface area contributed by atoms with Crippen molar-refractivity contribution in [2.24, 2.45) is 0 Å². The standard InChI is InChI=1S/C7H11O2P/c1-4-5-7(3,9-10)6(2)8/h1H,5,10H2,2-3H3. The zero-order valence-corrected chi connectivity index (χ0v) is 7.33. The number of hydrogen-bond donors (Lipinski definition) is 0. The van der Waals surface area contributed by atoms with Crippen molar-refractivity contribution in [2.75, 3.05) is 0 Å². The average molecular weight is 158 g/mol. The molecule has 0 amide bonds. The first-order valence-electron chi connectivity index (χ1n) is 2.89. The molecule has 56 valence electrons. The molecule has 0 rings (SSSR count). The molecule has 0 saturated carbocycles. The van der Waals surface area contributed by atoms with E-state index in [0.29, 0.717) is 6.42 Å². The fourth-order valence-corrected chi connectivity index (χ4v) is 0.693. The van der Waals surface area contributed by atoms with Crippen LogP contribution < -0.4 is 0 Å². The molecule has 0 aromatic carbocycles. The Labute approximate surface area is 63.6 Å². The average Bonchev–Trinajstić information content (AvgIpc) is 1.88. The lowest BCUT2D eigenvalue weighted by Crippen LogP contribution is -2.33. The van der Waals surface area contributed by atoms with Gasteiger partial charge in [-0.3, -0.25) is 4.79 Å². The van der Waals surface area contributed by atoms with Crippen LogP contribution in [0.1, 0.15) is 20.3 Å². The summed E-state index contributed by atoms with van der Waals surface area (Å²) in [6, 6.07) is 0. The highest BCUT2D eigenvalue weighted by Gasteiger charge is 2.28. The first-order chi connectivity index (χ1) is 4.56. The van der Waals surface area contributed by atoms with Gasteiger partial charge in [0.2, 0.25) is 0 Å². The maximum atomic E-state index is 10.9. The van der Waals surface area contributed by atoms with Crippen LogP contribution in [0, 0.1) is 12.3 Å². The third-order valence-electron chi connectivity index (χ3n) is 1.44. The summed E-state index contributed by atoms with van der Waals surface area (Å²) in [6.07, 6.45) is 5.35. The molecule has 0 heterocycles. The fraction of sp³-hybridized carbons (Fsp3) is 0.571. The molecule has 0 aromatic heterocycles. The zero-order chi connectivity index (χ0) is 8.20. The zero-order valence-electron chi connectivity index (χ0n) is 6.18. The Morgan fingerprint density at radius 1 is 1.90 bits per heavy atom. The minimum atomic E-state index is -0.820. The van der Waals surface area contributed by atoms with Crippen molar-refractivity contribution in [3.05, 3.63) is 0 Å². The normalized spacial score (nSPS) is 15.4. The third-order valence-corrected chi connectivity index (χ3v) is 1.96. The molecule has 0 aromatic rings. The van der Waals surface area contributed by atoms with Crippen molar-refractivity contribution in [1.29, 1.82) is 0 Å². The molecule has 0 bridgehead atoms. The highest BCUT2D eigenvalue weighted by atomic mass is 31.0. The molecule has 0 fully saturated rings. The number of Topliss-reactive ketones (excluding diaryl/α,β-unsaturated/α-hetero) is 1. The van der Waals surface area contributed by atoms with Gasteiger partial charge in [0, 0.05) is 15.9 Å². The summed E-state index contributed by atoms with van der Waals surface area (Å²) in [5.41, 5.74) is -0.820. The van der Waals surface area contributed by atoms with Gasteiger partial charge >= 0.3 is 0 Å². The van der Waals surface area contributed by atoms with Crippen LogP contribution in [0.3, 0.4) is 0 Å². The van der Waals surface area contributed by atoms with Crippen LogP contribution in [0.5, 0.6) is 0 Å². The van der Waals surface area contributed by atoms with E-state index in [1.807, 2.05) is 0 Å². The van der Waals surface area contributed by atoms with Crippen molar-refractivity contribution in [2.45, 2.75) is 25.9 Å². The van der Waals surface area contributed by atoms with E-state index in [1.165, 1.54) is 6.92 Å². The molecule has 3 heteroatoms. The van der Waals surface area contributed by atoms with Gasteiger partial charge in [-0.1, -0.05) is 0 Å². The summed E-state index contributed by atoms with van der Waals surface area (Å²) in [5, 5.41) is 0. The van der Waals surface area contributed by atoms with E-state index >= 15 is 0 Å². The number of carbonyl (C=O) groups excluding carboxylic acids is 1. The minimum Gasteiger partial charge on any atom is -0.351 e. The van der Waals surface area contributed by atoms with Gasteiger partial charge in [0.1, 0.15) is 5.60 Å². The van der Waals surface area contributed by atoms with Crippen molar-refractivity contribution >= 4 is 15.2 Å². The highest BCUT2D eigenvalue weighted by Crippen LogP contribution is 2.18. The highest BCUT2D eigenvalue weighted by molar-refractivity contribution is 7.10. The van der Waals surface area contributed by atoms with Crippen LogP contribution in [-0.4, -0.2) is 11.4 Å². The molecule has 2 atom stereocenters. The van der Waals surface area contributed by atoms with Crippen molar-refractivity contribution in [3.8, 4) is 12.3 Å². The molecule has 2 nitrogen and oxygen atoms in total. The largest absolute Gasteiger partial charge is 0.351 e. The lowest BCUT2D eigenvalue weighted by molar-refractivity contribution is -0.129. The van der Waals surface area contributed by atoms with E-state index in [4.69, 9.17) is 10.9 Å². The predicted molar refractivity (Wildman–Crippen MR) is 43.3 cm³/mol. The number of hydrogen-bond acceptors (Lipinski definition) is 2. The number of rotatable bonds is 3. The van der Waals surface area contributed by atoms with Crippen molar-refractivity contribution in [1.82, 2.24) is 0 Å². The maximum absolute atomic E-state index is 10.9. The maximum Gasteiger partial charge on any atom is 0.162 e. The number of carbonyl (C=O) groups is 1. The Kier molecular flexibility index (Phi) is 3.57. The van der Waals surface area contributed by atoms with E-state index in [2.05, 4.69) is 15.4 Å². The van der Waals surface area contributed by atoms with Gasteiger partial charge in [-0.05, 0) is 13.8 Å². The SMILES string of the molecule is C#CCC(C)(OP)C(C)=O. The Hall–Kier alpha value is -0.380. The van der Waals surface area contributed by atoms with E-state index in [9.17, 15) is 4.79 Å². The number of ketones is 1. The first kappa shape index (κ1) is 9.62. The van der Waals surface area contributed by atoms with Crippen LogP contribution in [0.4, 0.5) is 0 Å². The number of terminal acetylenes is 1. The molecule has 0 radical (unpaired) electrons. The van der Waals surface area contributed by atoms with Gasteiger partial charge in [-0.2, -0.15) is 0 Å². The Bertz CT molecular complexity index is 171. The van der Waals surface area contributed by atoms with E-state index in [-0.39, 0.29) is 5.78 Å². The predicted octanol–water partition coefficient (Wildman–Crippen LogP) is 1.16. The summed E-state index contributed by atoms with van der Waals surface area (Å²) < 4.78 is 4.86. The van der Waals surface area contributed by atoms with Gasteiger partial charge in [-0.15, -0.1) is 12.3 Å². The van der Waals surface area contributed by atoms with Crippen LogP contribution in [0.15, 0.2) is 0 Å². The second-order valence-corrected chi connectivity index (χ2v) is 2.52. The van der Waals surface area contributed by atoms with Crippen LogP contribution in [0.25, 0.3) is 0 Å². The summed E-state index contributed by atoms with van der Waals surface area (Å²) in [4.78, 5) is 10.9. The topological polar surface area (TPSA) is 26.3 Å². The quantitative estimate of drug-likeness (QED) is 0.455. The van der Waals surface area contributed by atoms with E-state index < -0.39 is 5.60 Å². The van der Waals surface area contributed by atoms with Crippen LogP contribution in [0.2, 0.25) is 0 Å². The summed E-state index contributed by atoms with van der Waals surface area (Å²) in [7, 11) is 2.05. The first-order valence-corrected chi connectivity index (χ1v) is 3.36. The lowest BCUT2D eigenvalue weighted by atomic mass is 9.99. The van der Waals surface area contributed by atoms with Crippen molar-refractivity contribution < 1.29 is 9.32 Å². The molecular weight excluding hydrogens is 147 g/mol.